The third-order valence-corrected chi connectivity index (χ3v) is 4.49. The van der Waals surface area contributed by atoms with Crippen molar-refractivity contribution in [1.82, 2.24) is 9.80 Å². The van der Waals surface area contributed by atoms with Crippen LogP contribution in [0.1, 0.15) is 38.7 Å². The number of carbonyl (C=O) groups is 1. The summed E-state index contributed by atoms with van der Waals surface area (Å²) in [7, 11) is 0. The first-order valence-corrected chi connectivity index (χ1v) is 8.44. The second-order valence-corrected chi connectivity index (χ2v) is 6.27. The number of nitrogens with two attached hydrogens (primary N) is 1. The van der Waals surface area contributed by atoms with Crippen molar-refractivity contribution in [3.05, 3.63) is 35.9 Å². The van der Waals surface area contributed by atoms with Gasteiger partial charge in [0, 0.05) is 25.7 Å². The maximum Gasteiger partial charge on any atom is 0.239 e. The van der Waals surface area contributed by atoms with Crippen LogP contribution in [0.2, 0.25) is 0 Å². The van der Waals surface area contributed by atoms with Gasteiger partial charge in [0.05, 0.1) is 6.04 Å². The Balaban J connectivity index is 2.01. The number of rotatable bonds is 6. The summed E-state index contributed by atoms with van der Waals surface area (Å²) in [6, 6.07) is 10.6. The van der Waals surface area contributed by atoms with Crippen molar-refractivity contribution in [1.29, 1.82) is 0 Å². The quantitative estimate of drug-likeness (QED) is 0.877. The van der Waals surface area contributed by atoms with Gasteiger partial charge in [0.25, 0.3) is 0 Å². The van der Waals surface area contributed by atoms with Gasteiger partial charge in [-0.05, 0) is 38.8 Å². The average Bonchev–Trinajstić information content (AvgIpc) is 2.54. The molecule has 4 nitrogen and oxygen atoms in total. The van der Waals surface area contributed by atoms with E-state index in [1.807, 2.05) is 11.8 Å². The van der Waals surface area contributed by atoms with E-state index in [1.54, 1.807) is 6.92 Å². The van der Waals surface area contributed by atoms with Gasteiger partial charge in [0.1, 0.15) is 0 Å². The molecule has 2 N–H and O–H groups in total. The maximum absolute atomic E-state index is 12.2. The van der Waals surface area contributed by atoms with E-state index in [0.717, 1.165) is 32.6 Å². The minimum Gasteiger partial charge on any atom is -0.340 e. The molecule has 4 heteroatoms. The van der Waals surface area contributed by atoms with Crippen LogP contribution in [0, 0.1) is 0 Å². The fourth-order valence-corrected chi connectivity index (χ4v) is 3.21. The summed E-state index contributed by atoms with van der Waals surface area (Å²) < 4.78 is 0. The highest BCUT2D eigenvalue weighted by atomic mass is 16.2. The number of likely N-dealkylation sites (tertiary alicyclic amines) is 1. The van der Waals surface area contributed by atoms with Gasteiger partial charge in [-0.15, -0.1) is 0 Å². The normalized spacial score (nSPS) is 20.6. The number of piperidine rings is 1. The molecular weight excluding hydrogens is 274 g/mol. The highest BCUT2D eigenvalue weighted by Crippen LogP contribution is 2.20. The Morgan fingerprint density at radius 3 is 2.73 bits per heavy atom. The lowest BCUT2D eigenvalue weighted by Gasteiger charge is -2.39. The van der Waals surface area contributed by atoms with Crippen molar-refractivity contribution in [2.45, 2.75) is 51.7 Å². The van der Waals surface area contributed by atoms with Crippen LogP contribution >= 0.6 is 0 Å². The van der Waals surface area contributed by atoms with E-state index in [2.05, 4.69) is 35.2 Å². The molecule has 0 bridgehead atoms. The molecule has 0 saturated carbocycles. The number of amides is 1. The van der Waals surface area contributed by atoms with E-state index in [0.29, 0.717) is 6.04 Å². The summed E-state index contributed by atoms with van der Waals surface area (Å²) in [5, 5.41) is 0. The van der Waals surface area contributed by atoms with Gasteiger partial charge >= 0.3 is 0 Å². The zero-order valence-corrected chi connectivity index (χ0v) is 13.9. The summed E-state index contributed by atoms with van der Waals surface area (Å²) >= 11 is 0. The fourth-order valence-electron chi connectivity index (χ4n) is 3.21. The molecule has 122 valence electrons. The molecule has 1 heterocycles. The molecule has 0 unspecified atom stereocenters. The number of carbonyl (C=O) groups excluding carboxylic acids is 1. The predicted octanol–water partition coefficient (Wildman–Crippen LogP) is 2.24. The zero-order chi connectivity index (χ0) is 15.9. The first-order valence-electron chi connectivity index (χ1n) is 8.44. The van der Waals surface area contributed by atoms with Crippen LogP contribution in [-0.2, 0) is 11.3 Å². The summed E-state index contributed by atoms with van der Waals surface area (Å²) in [6.45, 7) is 7.41. The molecule has 1 aromatic carbocycles. The molecule has 1 fully saturated rings. The number of hydrogen-bond donors (Lipinski definition) is 1. The first-order chi connectivity index (χ1) is 10.6. The standard InChI is InChI=1S/C18H29N3O/c1-3-20(18(22)15(2)19)14-17-11-7-8-12-21(17)13-16-9-5-4-6-10-16/h4-6,9-10,15,17H,3,7-8,11-14,19H2,1-2H3/t15-,17-/m0/s1. The smallest absolute Gasteiger partial charge is 0.239 e. The molecule has 1 amide bonds. The van der Waals surface area contributed by atoms with E-state index in [-0.39, 0.29) is 5.91 Å². The zero-order valence-electron chi connectivity index (χ0n) is 13.9. The lowest BCUT2D eigenvalue weighted by Crippen LogP contribution is -2.50. The van der Waals surface area contributed by atoms with Crippen LogP contribution in [0.15, 0.2) is 30.3 Å². The van der Waals surface area contributed by atoms with E-state index < -0.39 is 6.04 Å². The molecule has 2 rings (SSSR count). The SMILES string of the molecule is CCN(C[C@@H]1CCCCN1Cc1ccccc1)C(=O)[C@H](C)N. The predicted molar refractivity (Wildman–Crippen MR) is 90.4 cm³/mol. The molecule has 1 aliphatic rings. The van der Waals surface area contributed by atoms with Crippen LogP contribution in [-0.4, -0.2) is 47.4 Å². The van der Waals surface area contributed by atoms with Crippen molar-refractivity contribution < 1.29 is 4.79 Å². The molecule has 1 aliphatic heterocycles. The Bertz CT molecular complexity index is 461. The largest absolute Gasteiger partial charge is 0.340 e. The monoisotopic (exact) mass is 303 g/mol. The molecule has 22 heavy (non-hydrogen) atoms. The second-order valence-electron chi connectivity index (χ2n) is 6.27. The van der Waals surface area contributed by atoms with Crippen molar-refractivity contribution in [3.8, 4) is 0 Å². The van der Waals surface area contributed by atoms with Crippen LogP contribution in [0.5, 0.6) is 0 Å². The maximum atomic E-state index is 12.2. The van der Waals surface area contributed by atoms with Crippen molar-refractivity contribution in [2.24, 2.45) is 5.73 Å². The summed E-state index contributed by atoms with van der Waals surface area (Å²) in [6.07, 6.45) is 3.66. The van der Waals surface area contributed by atoms with Crippen LogP contribution < -0.4 is 5.73 Å². The molecular formula is C18H29N3O. The molecule has 1 saturated heterocycles. The van der Waals surface area contributed by atoms with Gasteiger partial charge in [-0.3, -0.25) is 9.69 Å². The Kier molecular flexibility index (Phi) is 6.40. The topological polar surface area (TPSA) is 49.6 Å². The van der Waals surface area contributed by atoms with Gasteiger partial charge in [-0.25, -0.2) is 0 Å². The van der Waals surface area contributed by atoms with Gasteiger partial charge in [-0.1, -0.05) is 36.8 Å². The van der Waals surface area contributed by atoms with Gasteiger partial charge in [0.15, 0.2) is 0 Å². The lowest BCUT2D eigenvalue weighted by molar-refractivity contribution is -0.133. The second kappa shape index (κ2) is 8.30. The first kappa shape index (κ1) is 17.0. The third-order valence-electron chi connectivity index (χ3n) is 4.49. The Morgan fingerprint density at radius 1 is 1.36 bits per heavy atom. The number of hydrogen-bond acceptors (Lipinski definition) is 3. The van der Waals surface area contributed by atoms with E-state index in [9.17, 15) is 4.79 Å². The van der Waals surface area contributed by atoms with Gasteiger partial charge in [0.2, 0.25) is 5.91 Å². The number of likely N-dealkylation sites (N-methyl/N-ethyl adjacent to an activating group) is 1. The molecule has 0 spiro atoms. The molecule has 0 aromatic heterocycles. The van der Waals surface area contributed by atoms with E-state index >= 15 is 0 Å². The number of nitrogens with zero attached hydrogens (tertiary/aromatic N) is 2. The van der Waals surface area contributed by atoms with Gasteiger partial charge in [-0.2, -0.15) is 0 Å². The highest BCUT2D eigenvalue weighted by molar-refractivity contribution is 5.81. The third kappa shape index (κ3) is 4.55. The van der Waals surface area contributed by atoms with Crippen LogP contribution in [0.3, 0.4) is 0 Å². The summed E-state index contributed by atoms with van der Waals surface area (Å²) in [4.78, 5) is 16.6. The fraction of sp³-hybridized carbons (Fsp3) is 0.611. The highest BCUT2D eigenvalue weighted by Gasteiger charge is 2.26. The summed E-state index contributed by atoms with van der Waals surface area (Å²) in [5.74, 6) is 0.0627. The lowest BCUT2D eigenvalue weighted by atomic mass is 10.00. The summed E-state index contributed by atoms with van der Waals surface area (Å²) in [5.41, 5.74) is 7.11. The molecule has 2 atom stereocenters. The van der Waals surface area contributed by atoms with Crippen molar-refractivity contribution in [2.75, 3.05) is 19.6 Å². The minimum absolute atomic E-state index is 0.0627. The Labute approximate surface area is 134 Å². The van der Waals surface area contributed by atoms with Crippen LogP contribution in [0.25, 0.3) is 0 Å². The molecule has 1 aromatic rings. The Morgan fingerprint density at radius 2 is 2.09 bits per heavy atom. The molecule has 0 radical (unpaired) electrons. The van der Waals surface area contributed by atoms with E-state index in [4.69, 9.17) is 5.73 Å². The molecule has 0 aliphatic carbocycles. The number of benzene rings is 1. The van der Waals surface area contributed by atoms with E-state index in [1.165, 1.54) is 18.4 Å². The van der Waals surface area contributed by atoms with Crippen molar-refractivity contribution in [3.63, 3.8) is 0 Å². The van der Waals surface area contributed by atoms with Gasteiger partial charge < -0.3 is 10.6 Å². The minimum atomic E-state index is -0.411. The van der Waals surface area contributed by atoms with Crippen molar-refractivity contribution >= 4 is 5.91 Å². The van der Waals surface area contributed by atoms with Crippen LogP contribution in [0.4, 0.5) is 0 Å². The average molecular weight is 303 g/mol. The Hall–Kier alpha value is -1.39.